The molecule has 0 radical (unpaired) electrons. The van der Waals surface area contributed by atoms with Crippen LogP contribution in [0, 0.1) is 5.92 Å². The summed E-state index contributed by atoms with van der Waals surface area (Å²) in [4.78, 5) is 0. The summed E-state index contributed by atoms with van der Waals surface area (Å²) in [6.45, 7) is 2.13. The van der Waals surface area contributed by atoms with Gasteiger partial charge in [0.05, 0.1) is 0 Å². The quantitative estimate of drug-likeness (QED) is 0.536. The van der Waals surface area contributed by atoms with Gasteiger partial charge < -0.3 is 22.4 Å². The standard InChI is InChI=1S/C5H12N2.2H2O.Pt/c1-3-2-4(6)5(3)7;;;/h3-5H,2,6-7H2,1H3;2*1H2;. The first-order chi connectivity index (χ1) is 3.22. The van der Waals surface area contributed by atoms with Crippen molar-refractivity contribution in [3.63, 3.8) is 0 Å². The molecule has 4 nitrogen and oxygen atoms in total. The van der Waals surface area contributed by atoms with E-state index in [1.807, 2.05) is 0 Å². The molecule has 3 atom stereocenters. The second-order valence-electron chi connectivity index (χ2n) is 2.45. The largest absolute Gasteiger partial charge is 0.412 e. The molecule has 3 unspecified atom stereocenters. The molecule has 0 saturated heterocycles. The molecule has 1 aliphatic carbocycles. The Kier molecular flexibility index (Phi) is 10.5. The average Bonchev–Trinajstić information content (AvgIpc) is 1.68. The van der Waals surface area contributed by atoms with Crippen molar-refractivity contribution in [1.29, 1.82) is 0 Å². The van der Waals surface area contributed by atoms with E-state index in [0.717, 1.165) is 6.42 Å². The summed E-state index contributed by atoms with van der Waals surface area (Å²) in [5, 5.41) is 0. The molecule has 0 spiro atoms. The van der Waals surface area contributed by atoms with Gasteiger partial charge in [-0.1, -0.05) is 6.92 Å². The van der Waals surface area contributed by atoms with Crippen molar-refractivity contribution in [2.24, 2.45) is 17.4 Å². The van der Waals surface area contributed by atoms with Crippen molar-refractivity contribution in [3.05, 3.63) is 0 Å². The van der Waals surface area contributed by atoms with Gasteiger partial charge in [0.2, 0.25) is 0 Å². The van der Waals surface area contributed by atoms with Crippen LogP contribution in [-0.4, -0.2) is 23.0 Å². The zero-order valence-corrected chi connectivity index (χ0v) is 8.18. The minimum absolute atomic E-state index is 0. The zero-order chi connectivity index (χ0) is 5.44. The summed E-state index contributed by atoms with van der Waals surface area (Å²) >= 11 is 0. The summed E-state index contributed by atoms with van der Waals surface area (Å²) in [6, 6.07) is 0.565. The van der Waals surface area contributed by atoms with E-state index in [4.69, 9.17) is 11.5 Å². The molecule has 1 aliphatic rings. The molecule has 0 aromatic heterocycles. The minimum Gasteiger partial charge on any atom is -0.412 e. The first kappa shape index (κ1) is 16.9. The van der Waals surface area contributed by atoms with Crippen LogP contribution in [-0.2, 0) is 21.1 Å². The third-order valence-corrected chi connectivity index (χ3v) is 1.80. The Morgan fingerprint density at radius 3 is 1.60 bits per heavy atom. The smallest absolute Gasteiger partial charge is 0.0219 e. The van der Waals surface area contributed by atoms with Gasteiger partial charge in [-0.25, -0.2) is 0 Å². The van der Waals surface area contributed by atoms with Gasteiger partial charge >= 0.3 is 0 Å². The van der Waals surface area contributed by atoms with Crippen LogP contribution in [0.1, 0.15) is 13.3 Å². The zero-order valence-electron chi connectivity index (χ0n) is 5.91. The van der Waals surface area contributed by atoms with Crippen LogP contribution in [0.4, 0.5) is 0 Å². The van der Waals surface area contributed by atoms with Crippen LogP contribution in [0.5, 0.6) is 0 Å². The first-order valence-corrected chi connectivity index (χ1v) is 2.73. The molecule has 0 aromatic rings. The summed E-state index contributed by atoms with van der Waals surface area (Å²) in [5.41, 5.74) is 11.0. The Bertz CT molecular complexity index is 76.0. The molecule has 1 saturated carbocycles. The maximum Gasteiger partial charge on any atom is 0.0219 e. The number of rotatable bonds is 0. The molecular weight excluding hydrogens is 315 g/mol. The van der Waals surface area contributed by atoms with Gasteiger partial charge in [0.25, 0.3) is 0 Å². The molecular formula is C5H16N2O2Pt. The van der Waals surface area contributed by atoms with Crippen LogP contribution in [0.2, 0.25) is 0 Å². The Balaban J connectivity index is -0.000000163. The number of hydrogen-bond donors (Lipinski definition) is 2. The maximum absolute atomic E-state index is 5.54. The fraction of sp³-hybridized carbons (Fsp3) is 1.00. The molecule has 1 fully saturated rings. The molecule has 0 heterocycles. The molecule has 0 bridgehead atoms. The summed E-state index contributed by atoms with van der Waals surface area (Å²) in [6.07, 6.45) is 1.11. The van der Waals surface area contributed by atoms with Crippen molar-refractivity contribution < 1.29 is 32.0 Å². The molecule has 0 aliphatic heterocycles. The Labute approximate surface area is 75.2 Å². The minimum atomic E-state index is 0. The molecule has 5 heteroatoms. The second-order valence-corrected chi connectivity index (χ2v) is 2.45. The SMILES string of the molecule is CC1CC(N)C1N.O.O.[Pt]. The third kappa shape index (κ3) is 3.08. The van der Waals surface area contributed by atoms with E-state index in [1.165, 1.54) is 0 Å². The fourth-order valence-corrected chi connectivity index (χ4v) is 0.970. The van der Waals surface area contributed by atoms with Gasteiger partial charge in [-0.3, -0.25) is 0 Å². The summed E-state index contributed by atoms with van der Waals surface area (Å²) in [5.74, 6) is 0.662. The molecule has 0 aromatic carbocycles. The van der Waals surface area contributed by atoms with Gasteiger partial charge in [-0.15, -0.1) is 0 Å². The van der Waals surface area contributed by atoms with E-state index in [2.05, 4.69) is 6.92 Å². The van der Waals surface area contributed by atoms with Crippen molar-refractivity contribution in [3.8, 4) is 0 Å². The van der Waals surface area contributed by atoms with Gasteiger partial charge in [0.1, 0.15) is 0 Å². The number of nitrogens with two attached hydrogens (primary N) is 2. The molecule has 8 N–H and O–H groups in total. The molecule has 10 heavy (non-hydrogen) atoms. The van der Waals surface area contributed by atoms with Crippen LogP contribution in [0.15, 0.2) is 0 Å². The summed E-state index contributed by atoms with van der Waals surface area (Å²) < 4.78 is 0. The Morgan fingerprint density at radius 2 is 1.60 bits per heavy atom. The molecule has 1 rings (SSSR count). The Morgan fingerprint density at radius 1 is 1.20 bits per heavy atom. The second kappa shape index (κ2) is 6.25. The van der Waals surface area contributed by atoms with Crippen molar-refractivity contribution in [1.82, 2.24) is 0 Å². The van der Waals surface area contributed by atoms with E-state index < -0.39 is 0 Å². The van der Waals surface area contributed by atoms with Gasteiger partial charge in [-0.2, -0.15) is 0 Å². The predicted octanol–water partition coefficient (Wildman–Crippen LogP) is -1.97. The van der Waals surface area contributed by atoms with Crippen LogP contribution in [0.3, 0.4) is 0 Å². The van der Waals surface area contributed by atoms with Crippen molar-refractivity contribution in [2.45, 2.75) is 25.4 Å². The van der Waals surface area contributed by atoms with Crippen molar-refractivity contribution >= 4 is 0 Å². The summed E-state index contributed by atoms with van der Waals surface area (Å²) in [7, 11) is 0. The van der Waals surface area contributed by atoms with E-state index >= 15 is 0 Å². The number of hydrogen-bond acceptors (Lipinski definition) is 2. The fourth-order valence-electron chi connectivity index (χ4n) is 0.970. The predicted molar refractivity (Wildman–Crippen MR) is 37.0 cm³/mol. The third-order valence-electron chi connectivity index (χ3n) is 1.80. The maximum atomic E-state index is 5.54. The monoisotopic (exact) mass is 331 g/mol. The topological polar surface area (TPSA) is 115 Å². The van der Waals surface area contributed by atoms with Crippen LogP contribution >= 0.6 is 0 Å². The molecule has 0 amide bonds. The van der Waals surface area contributed by atoms with E-state index in [1.54, 1.807) is 0 Å². The normalized spacial score (nSPS) is 35.7. The van der Waals surface area contributed by atoms with Crippen molar-refractivity contribution in [2.75, 3.05) is 0 Å². The first-order valence-electron chi connectivity index (χ1n) is 2.73. The van der Waals surface area contributed by atoms with Crippen LogP contribution < -0.4 is 11.5 Å². The van der Waals surface area contributed by atoms with E-state index in [9.17, 15) is 0 Å². The average molecular weight is 331 g/mol. The van der Waals surface area contributed by atoms with Gasteiger partial charge in [0.15, 0.2) is 0 Å². The Hall–Kier alpha value is 0.528. The van der Waals surface area contributed by atoms with E-state index in [0.29, 0.717) is 5.92 Å². The van der Waals surface area contributed by atoms with Crippen LogP contribution in [0.25, 0.3) is 0 Å². The van der Waals surface area contributed by atoms with Gasteiger partial charge in [0, 0.05) is 33.1 Å². The van der Waals surface area contributed by atoms with E-state index in [-0.39, 0.29) is 44.1 Å². The molecule has 68 valence electrons. The van der Waals surface area contributed by atoms with Gasteiger partial charge in [-0.05, 0) is 12.3 Å².